The summed E-state index contributed by atoms with van der Waals surface area (Å²) in [6.45, 7) is 10.6. The summed E-state index contributed by atoms with van der Waals surface area (Å²) in [4.78, 5) is 9.50. The van der Waals surface area contributed by atoms with E-state index in [0.717, 1.165) is 22.4 Å². The molecular weight excluding hydrogens is 232 g/mol. The van der Waals surface area contributed by atoms with Crippen molar-refractivity contribution in [2.24, 2.45) is 0 Å². The molecule has 0 amide bonds. The Balaban J connectivity index is 2.60. The number of pyridine rings is 2. The third-order valence-corrected chi connectivity index (χ3v) is 4.08. The third kappa shape index (κ3) is 1.71. The largest absolute Gasteiger partial charge is 0.251 e. The van der Waals surface area contributed by atoms with Crippen LogP contribution in [0.4, 0.5) is 0 Å². The minimum atomic E-state index is 1.03. The van der Waals surface area contributed by atoms with Crippen LogP contribution >= 0.6 is 0 Å². The van der Waals surface area contributed by atoms with Crippen LogP contribution in [0.5, 0.6) is 0 Å². The van der Waals surface area contributed by atoms with Crippen LogP contribution in [0.3, 0.4) is 0 Å². The van der Waals surface area contributed by atoms with Gasteiger partial charge < -0.3 is 0 Å². The van der Waals surface area contributed by atoms with Crippen LogP contribution in [-0.4, -0.2) is 9.97 Å². The lowest BCUT2D eigenvalue weighted by atomic mass is 10.00. The Kier molecular flexibility index (Phi) is 2.56. The first kappa shape index (κ1) is 12.1. The van der Waals surface area contributed by atoms with Crippen molar-refractivity contribution in [3.63, 3.8) is 0 Å². The SMILES string of the molecule is Cc1cc(C)c2ccc3c(C)c(C)c(C)nc3c2n1. The predicted octanol–water partition coefficient (Wildman–Crippen LogP) is 4.33. The average Bonchev–Trinajstić information content (AvgIpc) is 2.36. The average molecular weight is 250 g/mol. The minimum absolute atomic E-state index is 1.03. The van der Waals surface area contributed by atoms with Crippen LogP contribution in [0.2, 0.25) is 0 Å². The number of fused-ring (bicyclic) bond motifs is 3. The number of hydrogen-bond acceptors (Lipinski definition) is 2. The second kappa shape index (κ2) is 4.02. The molecule has 0 atom stereocenters. The molecule has 2 nitrogen and oxygen atoms in total. The standard InChI is InChI=1S/C17H18N2/c1-9-8-10(2)18-16-14(9)6-7-15-12(4)11(3)13(5)19-17(15)16/h6-8H,1-5H3. The summed E-state index contributed by atoms with van der Waals surface area (Å²) >= 11 is 0. The van der Waals surface area contributed by atoms with E-state index < -0.39 is 0 Å². The van der Waals surface area contributed by atoms with Crippen molar-refractivity contribution in [3.8, 4) is 0 Å². The molecule has 2 aromatic heterocycles. The minimum Gasteiger partial charge on any atom is -0.251 e. The van der Waals surface area contributed by atoms with Crippen LogP contribution in [0.1, 0.15) is 28.1 Å². The number of rotatable bonds is 0. The molecule has 0 radical (unpaired) electrons. The summed E-state index contributed by atoms with van der Waals surface area (Å²) in [5.74, 6) is 0. The van der Waals surface area contributed by atoms with E-state index in [1.807, 2.05) is 6.92 Å². The Morgan fingerprint density at radius 2 is 1.37 bits per heavy atom. The maximum absolute atomic E-state index is 4.78. The zero-order valence-electron chi connectivity index (χ0n) is 12.1. The summed E-state index contributed by atoms with van der Waals surface area (Å²) in [5.41, 5.74) is 8.06. The molecule has 2 heteroatoms. The van der Waals surface area contributed by atoms with Gasteiger partial charge in [-0.15, -0.1) is 0 Å². The van der Waals surface area contributed by atoms with E-state index in [1.165, 1.54) is 27.5 Å². The lowest BCUT2D eigenvalue weighted by molar-refractivity contribution is 1.16. The fraction of sp³-hybridized carbons (Fsp3) is 0.294. The van der Waals surface area contributed by atoms with Crippen LogP contribution in [0.25, 0.3) is 21.8 Å². The highest BCUT2D eigenvalue weighted by Crippen LogP contribution is 2.29. The summed E-state index contributed by atoms with van der Waals surface area (Å²) < 4.78 is 0. The molecule has 0 N–H and O–H groups in total. The second-order valence-corrected chi connectivity index (χ2v) is 5.39. The van der Waals surface area contributed by atoms with Crippen molar-refractivity contribution >= 4 is 21.8 Å². The molecule has 0 bridgehead atoms. The number of benzene rings is 1. The van der Waals surface area contributed by atoms with Crippen molar-refractivity contribution in [1.82, 2.24) is 9.97 Å². The van der Waals surface area contributed by atoms with E-state index in [2.05, 4.69) is 45.9 Å². The predicted molar refractivity (Wildman–Crippen MR) is 80.7 cm³/mol. The highest BCUT2D eigenvalue weighted by atomic mass is 14.8. The van der Waals surface area contributed by atoms with Gasteiger partial charge >= 0.3 is 0 Å². The van der Waals surface area contributed by atoms with Gasteiger partial charge in [0.25, 0.3) is 0 Å². The highest BCUT2D eigenvalue weighted by molar-refractivity contribution is 6.05. The van der Waals surface area contributed by atoms with Crippen molar-refractivity contribution in [2.45, 2.75) is 34.6 Å². The van der Waals surface area contributed by atoms with Crippen molar-refractivity contribution < 1.29 is 0 Å². The first-order valence-corrected chi connectivity index (χ1v) is 6.63. The monoisotopic (exact) mass is 250 g/mol. The number of hydrogen-bond donors (Lipinski definition) is 0. The molecule has 0 saturated carbocycles. The van der Waals surface area contributed by atoms with Crippen molar-refractivity contribution in [2.75, 3.05) is 0 Å². The topological polar surface area (TPSA) is 25.8 Å². The fourth-order valence-electron chi connectivity index (χ4n) is 2.75. The summed E-state index contributed by atoms with van der Waals surface area (Å²) in [6, 6.07) is 6.47. The Hall–Kier alpha value is -1.96. The molecule has 96 valence electrons. The molecule has 0 fully saturated rings. The van der Waals surface area contributed by atoms with Gasteiger partial charge in [-0.1, -0.05) is 12.1 Å². The highest BCUT2D eigenvalue weighted by Gasteiger charge is 2.11. The Labute approximate surface area is 113 Å². The van der Waals surface area contributed by atoms with Crippen LogP contribution in [0.15, 0.2) is 18.2 Å². The molecule has 0 saturated heterocycles. The third-order valence-electron chi connectivity index (χ3n) is 4.08. The molecule has 2 heterocycles. The van der Waals surface area contributed by atoms with Crippen molar-refractivity contribution in [1.29, 1.82) is 0 Å². The Morgan fingerprint density at radius 3 is 2.11 bits per heavy atom. The summed E-state index contributed by atoms with van der Waals surface area (Å²) in [7, 11) is 0. The summed E-state index contributed by atoms with van der Waals surface area (Å²) in [6.07, 6.45) is 0. The van der Waals surface area contributed by atoms with Gasteiger partial charge in [0.15, 0.2) is 0 Å². The van der Waals surface area contributed by atoms with Gasteiger partial charge in [-0.05, 0) is 57.4 Å². The smallest absolute Gasteiger partial charge is 0.0970 e. The summed E-state index contributed by atoms with van der Waals surface area (Å²) in [5, 5.41) is 2.42. The molecule has 0 unspecified atom stereocenters. The van der Waals surface area contributed by atoms with Gasteiger partial charge in [0.05, 0.1) is 11.0 Å². The lowest BCUT2D eigenvalue weighted by Crippen LogP contribution is -1.96. The second-order valence-electron chi connectivity index (χ2n) is 5.39. The molecular formula is C17H18N2. The molecule has 19 heavy (non-hydrogen) atoms. The Morgan fingerprint density at radius 1 is 0.737 bits per heavy atom. The van der Waals surface area contributed by atoms with E-state index >= 15 is 0 Å². The van der Waals surface area contributed by atoms with Crippen LogP contribution in [-0.2, 0) is 0 Å². The lowest BCUT2D eigenvalue weighted by Gasteiger charge is -2.12. The van der Waals surface area contributed by atoms with Gasteiger partial charge in [0.1, 0.15) is 0 Å². The van der Waals surface area contributed by atoms with Crippen molar-refractivity contribution in [3.05, 3.63) is 46.3 Å². The molecule has 1 aromatic carbocycles. The van der Waals surface area contributed by atoms with E-state index in [-0.39, 0.29) is 0 Å². The number of nitrogens with zero attached hydrogens (tertiary/aromatic N) is 2. The van der Waals surface area contributed by atoms with Crippen LogP contribution in [0, 0.1) is 34.6 Å². The Bertz CT molecular complexity index is 817. The number of aromatic nitrogens is 2. The first-order chi connectivity index (χ1) is 8.99. The quantitative estimate of drug-likeness (QED) is 0.555. The zero-order chi connectivity index (χ0) is 13.7. The van der Waals surface area contributed by atoms with E-state index in [1.54, 1.807) is 0 Å². The normalized spacial score (nSPS) is 11.4. The van der Waals surface area contributed by atoms with Gasteiger partial charge in [-0.2, -0.15) is 0 Å². The van der Waals surface area contributed by atoms with Gasteiger partial charge in [-0.25, -0.2) is 0 Å². The fourth-order valence-corrected chi connectivity index (χ4v) is 2.75. The van der Waals surface area contributed by atoms with E-state index in [9.17, 15) is 0 Å². The maximum Gasteiger partial charge on any atom is 0.0970 e. The first-order valence-electron chi connectivity index (χ1n) is 6.63. The van der Waals surface area contributed by atoms with Gasteiger partial charge in [0, 0.05) is 22.2 Å². The molecule has 3 aromatic rings. The van der Waals surface area contributed by atoms with E-state index in [0.29, 0.717) is 0 Å². The van der Waals surface area contributed by atoms with E-state index in [4.69, 9.17) is 9.97 Å². The maximum atomic E-state index is 4.78. The molecule has 3 rings (SSSR count). The number of aryl methyl sites for hydroxylation is 4. The zero-order valence-corrected chi connectivity index (χ0v) is 12.1. The molecule has 0 aliphatic carbocycles. The van der Waals surface area contributed by atoms with Crippen LogP contribution < -0.4 is 0 Å². The van der Waals surface area contributed by atoms with Gasteiger partial charge in [-0.3, -0.25) is 9.97 Å². The molecule has 0 spiro atoms. The van der Waals surface area contributed by atoms with Gasteiger partial charge in [0.2, 0.25) is 0 Å². The molecule has 0 aliphatic heterocycles. The molecule has 0 aliphatic rings.